The van der Waals surface area contributed by atoms with Crippen molar-refractivity contribution < 1.29 is 13.2 Å². The van der Waals surface area contributed by atoms with Gasteiger partial charge in [0.1, 0.15) is 5.82 Å². The third kappa shape index (κ3) is 3.26. The molecular weight excluding hydrogens is 307 g/mol. The molecule has 2 rings (SSSR count). The molecule has 0 aliphatic heterocycles. The van der Waals surface area contributed by atoms with Gasteiger partial charge in [-0.05, 0) is 42.5 Å². The Morgan fingerprint density at radius 1 is 1.44 bits per heavy atom. The average Bonchev–Trinajstić information content (AvgIpc) is 2.61. The lowest BCUT2D eigenvalue weighted by Crippen LogP contribution is -2.16. The minimum atomic E-state index is -2.55. The van der Waals surface area contributed by atoms with Crippen LogP contribution in [0.15, 0.2) is 22.7 Å². The lowest BCUT2D eigenvalue weighted by molar-refractivity contribution is 0.00446. The largest absolute Gasteiger partial charge is 0.324 e. The Kier molecular flexibility index (Phi) is 4.02. The maximum atomic E-state index is 13.1. The van der Waals surface area contributed by atoms with Gasteiger partial charge in [0.05, 0.1) is 0 Å². The molecule has 0 aromatic heterocycles. The number of nitrogens with two attached hydrogens (primary N) is 1. The van der Waals surface area contributed by atoms with Gasteiger partial charge in [-0.25, -0.2) is 13.2 Å². The van der Waals surface area contributed by atoms with E-state index in [1.54, 1.807) is 6.07 Å². The van der Waals surface area contributed by atoms with Gasteiger partial charge in [0.2, 0.25) is 5.92 Å². The van der Waals surface area contributed by atoms with Gasteiger partial charge >= 0.3 is 0 Å². The van der Waals surface area contributed by atoms with E-state index in [1.165, 1.54) is 12.1 Å². The second-order valence-corrected chi connectivity index (χ2v) is 5.83. The van der Waals surface area contributed by atoms with Gasteiger partial charge in [-0.1, -0.05) is 15.9 Å². The van der Waals surface area contributed by atoms with Gasteiger partial charge < -0.3 is 5.73 Å². The van der Waals surface area contributed by atoms with Gasteiger partial charge in [0, 0.05) is 23.4 Å². The maximum absolute atomic E-state index is 13.1. The van der Waals surface area contributed by atoms with Gasteiger partial charge in [-0.2, -0.15) is 0 Å². The van der Waals surface area contributed by atoms with Gasteiger partial charge in [-0.15, -0.1) is 0 Å². The fourth-order valence-electron chi connectivity index (χ4n) is 2.53. The molecule has 1 aliphatic carbocycles. The zero-order chi connectivity index (χ0) is 13.3. The third-order valence-corrected chi connectivity index (χ3v) is 4.17. The Labute approximate surface area is 113 Å². The molecule has 0 amide bonds. The fraction of sp³-hybridized carbons (Fsp3) is 0.538. The molecule has 18 heavy (non-hydrogen) atoms. The Morgan fingerprint density at radius 2 is 2.17 bits per heavy atom. The van der Waals surface area contributed by atoms with E-state index < -0.39 is 12.0 Å². The molecule has 2 N–H and O–H groups in total. The number of benzene rings is 1. The molecule has 1 aromatic carbocycles. The van der Waals surface area contributed by atoms with Crippen LogP contribution in [0.3, 0.4) is 0 Å². The summed E-state index contributed by atoms with van der Waals surface area (Å²) in [5.41, 5.74) is 6.64. The van der Waals surface area contributed by atoms with Gasteiger partial charge in [-0.3, -0.25) is 0 Å². The Balaban J connectivity index is 2.04. The summed E-state index contributed by atoms with van der Waals surface area (Å²) in [5.74, 6) is -2.99. The van der Waals surface area contributed by atoms with E-state index in [9.17, 15) is 13.2 Å². The van der Waals surface area contributed by atoms with Crippen LogP contribution in [0.5, 0.6) is 0 Å². The molecule has 100 valence electrons. The summed E-state index contributed by atoms with van der Waals surface area (Å²) in [6.07, 6.45) is 0.799. The molecule has 0 radical (unpaired) electrons. The van der Waals surface area contributed by atoms with E-state index in [0.717, 1.165) is 4.47 Å². The minimum Gasteiger partial charge on any atom is -0.324 e. The lowest BCUT2D eigenvalue weighted by atomic mass is 9.94. The van der Waals surface area contributed by atoms with Crippen LogP contribution in [0.2, 0.25) is 0 Å². The Hall–Kier alpha value is -0.550. The normalized spacial score (nSPS) is 24.2. The van der Waals surface area contributed by atoms with Crippen LogP contribution in [-0.2, 0) is 0 Å². The van der Waals surface area contributed by atoms with Crippen LogP contribution in [0.1, 0.15) is 37.3 Å². The second-order valence-electron chi connectivity index (χ2n) is 4.97. The molecule has 0 heterocycles. The highest BCUT2D eigenvalue weighted by atomic mass is 79.9. The average molecular weight is 322 g/mol. The van der Waals surface area contributed by atoms with Crippen molar-refractivity contribution >= 4 is 15.9 Å². The summed E-state index contributed by atoms with van der Waals surface area (Å²) in [6, 6.07) is 3.88. The van der Waals surface area contributed by atoms with Crippen LogP contribution in [0.25, 0.3) is 0 Å². The Bertz CT molecular complexity index is 436. The van der Waals surface area contributed by atoms with Crippen molar-refractivity contribution in [1.29, 1.82) is 0 Å². The molecule has 1 nitrogen and oxygen atoms in total. The number of hydrogen-bond donors (Lipinski definition) is 1. The lowest BCUT2D eigenvalue weighted by Gasteiger charge is -2.18. The van der Waals surface area contributed by atoms with Crippen molar-refractivity contribution in [3.05, 3.63) is 34.1 Å². The molecule has 0 bridgehead atoms. The summed E-state index contributed by atoms with van der Waals surface area (Å²) in [6.45, 7) is 0. The first-order chi connectivity index (χ1) is 8.37. The zero-order valence-electron chi connectivity index (χ0n) is 9.80. The highest BCUT2D eigenvalue weighted by Crippen LogP contribution is 2.42. The first-order valence-corrected chi connectivity index (χ1v) is 6.75. The van der Waals surface area contributed by atoms with Gasteiger partial charge in [0.15, 0.2) is 0 Å². The van der Waals surface area contributed by atoms with Crippen LogP contribution in [-0.4, -0.2) is 5.92 Å². The summed E-state index contributed by atoms with van der Waals surface area (Å²) in [5, 5.41) is 0. The fourth-order valence-corrected chi connectivity index (χ4v) is 3.07. The standard InChI is InChI=1S/C13H15BrF3N/c14-11-2-1-9(15)6-10(11)12(18)5-8-3-4-13(16,17)7-8/h1-2,6,8,12H,3-5,7,18H2. The van der Waals surface area contributed by atoms with Crippen molar-refractivity contribution in [2.45, 2.75) is 37.6 Å². The molecule has 0 saturated heterocycles. The SMILES string of the molecule is NC(CC1CCC(F)(F)C1)c1cc(F)ccc1Br. The smallest absolute Gasteiger partial charge is 0.248 e. The van der Waals surface area contributed by atoms with Crippen molar-refractivity contribution in [2.24, 2.45) is 11.7 Å². The van der Waals surface area contributed by atoms with Crippen LogP contribution in [0, 0.1) is 11.7 Å². The summed E-state index contributed by atoms with van der Waals surface area (Å²) in [4.78, 5) is 0. The van der Waals surface area contributed by atoms with Crippen LogP contribution < -0.4 is 5.73 Å². The zero-order valence-corrected chi connectivity index (χ0v) is 11.4. The van der Waals surface area contributed by atoms with Gasteiger partial charge in [0.25, 0.3) is 0 Å². The molecular formula is C13H15BrF3N. The molecule has 1 aliphatic rings. The monoisotopic (exact) mass is 321 g/mol. The van der Waals surface area contributed by atoms with E-state index in [2.05, 4.69) is 15.9 Å². The third-order valence-electron chi connectivity index (χ3n) is 3.45. The molecule has 5 heteroatoms. The van der Waals surface area contributed by atoms with Crippen molar-refractivity contribution in [3.63, 3.8) is 0 Å². The second kappa shape index (κ2) is 5.21. The van der Waals surface area contributed by atoms with E-state index in [0.29, 0.717) is 18.4 Å². The first-order valence-electron chi connectivity index (χ1n) is 5.96. The number of rotatable bonds is 3. The minimum absolute atomic E-state index is 0.0608. The van der Waals surface area contributed by atoms with Crippen LogP contribution in [0.4, 0.5) is 13.2 Å². The molecule has 1 saturated carbocycles. The van der Waals surface area contributed by atoms with Crippen molar-refractivity contribution in [3.8, 4) is 0 Å². The van der Waals surface area contributed by atoms with E-state index in [1.807, 2.05) is 0 Å². The highest BCUT2D eigenvalue weighted by molar-refractivity contribution is 9.10. The molecule has 1 fully saturated rings. The summed E-state index contributed by atoms with van der Waals surface area (Å²) in [7, 11) is 0. The molecule has 2 unspecified atom stereocenters. The first kappa shape index (κ1) is 13.9. The van der Waals surface area contributed by atoms with E-state index >= 15 is 0 Å². The predicted molar refractivity (Wildman–Crippen MR) is 67.9 cm³/mol. The number of halogens is 4. The van der Waals surface area contributed by atoms with E-state index in [4.69, 9.17) is 5.73 Å². The number of alkyl halides is 2. The van der Waals surface area contributed by atoms with Crippen molar-refractivity contribution in [2.75, 3.05) is 0 Å². The molecule has 1 aromatic rings. The van der Waals surface area contributed by atoms with Crippen molar-refractivity contribution in [1.82, 2.24) is 0 Å². The molecule has 2 atom stereocenters. The number of hydrogen-bond acceptors (Lipinski definition) is 1. The van der Waals surface area contributed by atoms with E-state index in [-0.39, 0.29) is 24.6 Å². The summed E-state index contributed by atoms with van der Waals surface area (Å²) >= 11 is 3.31. The van der Waals surface area contributed by atoms with Crippen LogP contribution >= 0.6 is 15.9 Å². The highest BCUT2D eigenvalue weighted by Gasteiger charge is 2.39. The summed E-state index contributed by atoms with van der Waals surface area (Å²) < 4.78 is 40.0. The Morgan fingerprint density at radius 3 is 2.78 bits per heavy atom. The molecule has 0 spiro atoms. The quantitative estimate of drug-likeness (QED) is 0.876. The topological polar surface area (TPSA) is 26.0 Å². The predicted octanol–water partition coefficient (Wildman–Crippen LogP) is 4.41. The maximum Gasteiger partial charge on any atom is 0.248 e.